The van der Waals surface area contributed by atoms with E-state index in [2.05, 4.69) is 70.5 Å². The molecule has 1 aromatic carbocycles. The van der Waals surface area contributed by atoms with Crippen LogP contribution in [0.4, 0.5) is 5.69 Å². The maximum Gasteiger partial charge on any atom is 0.191 e. The molecule has 2 heterocycles. The number of nitrogens with zero attached hydrogens (tertiary/aromatic N) is 3. The average molecular weight is 374 g/mol. The summed E-state index contributed by atoms with van der Waals surface area (Å²) in [7, 11) is 1.84. The molecule has 2 fully saturated rings. The lowest BCUT2D eigenvalue weighted by molar-refractivity contribution is 0.122. The smallest absolute Gasteiger partial charge is 0.191 e. The van der Waals surface area contributed by atoms with Crippen LogP contribution in [0.2, 0.25) is 0 Å². The second-order valence-electron chi connectivity index (χ2n) is 7.97. The van der Waals surface area contributed by atoms with E-state index in [4.69, 9.17) is 4.74 Å². The van der Waals surface area contributed by atoms with Crippen molar-refractivity contribution in [1.82, 2.24) is 15.5 Å². The van der Waals surface area contributed by atoms with Crippen molar-refractivity contribution in [3.63, 3.8) is 0 Å². The molecule has 0 amide bonds. The molecule has 0 spiro atoms. The van der Waals surface area contributed by atoms with E-state index >= 15 is 0 Å². The molecule has 6 heteroatoms. The number of likely N-dealkylation sites (tertiary alicyclic amines) is 1. The lowest BCUT2D eigenvalue weighted by atomic mass is 10.1. The summed E-state index contributed by atoms with van der Waals surface area (Å²) in [4.78, 5) is 9.32. The van der Waals surface area contributed by atoms with Crippen molar-refractivity contribution in [2.75, 3.05) is 51.3 Å². The Morgan fingerprint density at radius 1 is 1.19 bits per heavy atom. The average Bonchev–Trinajstić information content (AvgIpc) is 3.07. The number of ether oxygens (including phenoxy) is 1. The maximum absolute atomic E-state index is 5.43. The van der Waals surface area contributed by atoms with Crippen molar-refractivity contribution in [2.24, 2.45) is 10.9 Å². The summed E-state index contributed by atoms with van der Waals surface area (Å²) in [5.74, 6) is 1.51. The van der Waals surface area contributed by atoms with Crippen LogP contribution in [0.25, 0.3) is 0 Å². The first kappa shape index (κ1) is 20.0. The van der Waals surface area contributed by atoms with E-state index in [9.17, 15) is 0 Å². The number of benzene rings is 1. The van der Waals surface area contributed by atoms with Crippen LogP contribution in [0, 0.1) is 5.92 Å². The summed E-state index contributed by atoms with van der Waals surface area (Å²) in [6, 6.07) is 9.85. The van der Waals surface area contributed by atoms with Crippen LogP contribution in [0.1, 0.15) is 26.3 Å². The number of rotatable bonds is 5. The van der Waals surface area contributed by atoms with Gasteiger partial charge in [-0.1, -0.05) is 19.1 Å². The van der Waals surface area contributed by atoms with Gasteiger partial charge in [0.1, 0.15) is 0 Å². The molecule has 0 aromatic heterocycles. The Kier molecular flexibility index (Phi) is 6.96. The standard InChI is InChI=1S/C21H35N5O/c1-16(2)26-14-17(3)20(15-26)24-21(22-4)23-13-18-5-7-19(8-6-18)25-9-11-27-12-10-25/h5-8,16-17,20H,9-15H2,1-4H3,(H2,22,23,24). The highest BCUT2D eigenvalue weighted by molar-refractivity contribution is 5.80. The maximum atomic E-state index is 5.43. The van der Waals surface area contributed by atoms with Gasteiger partial charge in [0.25, 0.3) is 0 Å². The fourth-order valence-corrected chi connectivity index (χ4v) is 3.82. The summed E-state index contributed by atoms with van der Waals surface area (Å²) in [5, 5.41) is 7.07. The molecule has 2 saturated heterocycles. The van der Waals surface area contributed by atoms with Gasteiger partial charge < -0.3 is 20.3 Å². The van der Waals surface area contributed by atoms with Gasteiger partial charge >= 0.3 is 0 Å². The highest BCUT2D eigenvalue weighted by Gasteiger charge is 2.31. The highest BCUT2D eigenvalue weighted by Crippen LogP contribution is 2.19. The molecule has 6 nitrogen and oxygen atoms in total. The Labute approximate surface area is 164 Å². The summed E-state index contributed by atoms with van der Waals surface area (Å²) in [6.45, 7) is 13.4. The van der Waals surface area contributed by atoms with E-state index in [0.29, 0.717) is 18.0 Å². The van der Waals surface area contributed by atoms with Crippen LogP contribution in [0.5, 0.6) is 0 Å². The Balaban J connectivity index is 1.49. The van der Waals surface area contributed by atoms with Gasteiger partial charge in [0.2, 0.25) is 0 Å². The molecule has 0 radical (unpaired) electrons. The molecular formula is C21H35N5O. The Hall–Kier alpha value is -1.79. The first-order chi connectivity index (χ1) is 13.1. The van der Waals surface area contributed by atoms with Gasteiger partial charge in [-0.2, -0.15) is 0 Å². The predicted molar refractivity (Wildman–Crippen MR) is 112 cm³/mol. The molecule has 0 aliphatic carbocycles. The number of guanidine groups is 1. The zero-order chi connectivity index (χ0) is 19.2. The number of hydrogen-bond donors (Lipinski definition) is 2. The molecule has 0 saturated carbocycles. The van der Waals surface area contributed by atoms with Crippen LogP contribution in [-0.4, -0.2) is 69.4 Å². The fourth-order valence-electron chi connectivity index (χ4n) is 3.82. The van der Waals surface area contributed by atoms with E-state index in [1.807, 2.05) is 7.05 Å². The Bertz CT molecular complexity index is 610. The molecule has 27 heavy (non-hydrogen) atoms. The van der Waals surface area contributed by atoms with Crippen molar-refractivity contribution in [1.29, 1.82) is 0 Å². The van der Waals surface area contributed by atoms with Gasteiger partial charge in [-0.3, -0.25) is 9.89 Å². The third kappa shape index (κ3) is 5.36. The predicted octanol–water partition coefficient (Wildman–Crippen LogP) is 1.92. The zero-order valence-corrected chi connectivity index (χ0v) is 17.2. The normalized spacial score (nSPS) is 24.5. The summed E-state index contributed by atoms with van der Waals surface area (Å²) < 4.78 is 5.43. The molecule has 150 valence electrons. The van der Waals surface area contributed by atoms with Crippen LogP contribution >= 0.6 is 0 Å². The van der Waals surface area contributed by atoms with Gasteiger partial charge in [0.15, 0.2) is 5.96 Å². The molecule has 2 atom stereocenters. The van der Waals surface area contributed by atoms with Gasteiger partial charge in [-0.15, -0.1) is 0 Å². The second kappa shape index (κ2) is 9.42. The van der Waals surface area contributed by atoms with Gasteiger partial charge in [0, 0.05) is 57.5 Å². The van der Waals surface area contributed by atoms with Gasteiger partial charge in [0.05, 0.1) is 13.2 Å². The monoisotopic (exact) mass is 373 g/mol. The zero-order valence-electron chi connectivity index (χ0n) is 17.2. The van der Waals surface area contributed by atoms with Gasteiger partial charge in [-0.05, 0) is 37.5 Å². The molecule has 2 aliphatic heterocycles. The van der Waals surface area contributed by atoms with Gasteiger partial charge in [-0.25, -0.2) is 0 Å². The fraction of sp³-hybridized carbons (Fsp3) is 0.667. The molecule has 2 unspecified atom stereocenters. The van der Waals surface area contributed by atoms with Crippen molar-refractivity contribution in [2.45, 2.75) is 39.4 Å². The first-order valence-corrected chi connectivity index (χ1v) is 10.2. The molecular weight excluding hydrogens is 338 g/mol. The third-order valence-electron chi connectivity index (χ3n) is 5.69. The summed E-state index contributed by atoms with van der Waals surface area (Å²) in [5.41, 5.74) is 2.54. The van der Waals surface area contributed by atoms with Crippen molar-refractivity contribution in [3.05, 3.63) is 29.8 Å². The number of hydrogen-bond acceptors (Lipinski definition) is 4. The van der Waals surface area contributed by atoms with Crippen molar-refractivity contribution < 1.29 is 4.74 Å². The van der Waals surface area contributed by atoms with E-state index in [1.165, 1.54) is 11.3 Å². The van der Waals surface area contributed by atoms with Crippen molar-refractivity contribution in [3.8, 4) is 0 Å². The number of anilines is 1. The van der Waals surface area contributed by atoms with Crippen molar-refractivity contribution >= 4 is 11.6 Å². The summed E-state index contributed by atoms with van der Waals surface area (Å²) >= 11 is 0. The SMILES string of the molecule is CN=C(NCc1ccc(N2CCOCC2)cc1)NC1CN(C(C)C)CC1C. The molecule has 0 bridgehead atoms. The molecule has 1 aromatic rings. The van der Waals surface area contributed by atoms with E-state index < -0.39 is 0 Å². The van der Waals surface area contributed by atoms with Crippen LogP contribution in [-0.2, 0) is 11.3 Å². The minimum Gasteiger partial charge on any atom is -0.378 e. The molecule has 2 aliphatic rings. The van der Waals surface area contributed by atoms with E-state index in [0.717, 1.165) is 51.9 Å². The quantitative estimate of drug-likeness (QED) is 0.610. The topological polar surface area (TPSA) is 52.1 Å². The number of morpholine rings is 1. The first-order valence-electron chi connectivity index (χ1n) is 10.2. The number of aliphatic imine (C=N–C) groups is 1. The summed E-state index contributed by atoms with van der Waals surface area (Å²) in [6.07, 6.45) is 0. The minimum absolute atomic E-state index is 0.447. The number of nitrogens with one attached hydrogen (secondary N) is 2. The second-order valence-corrected chi connectivity index (χ2v) is 7.97. The third-order valence-corrected chi connectivity index (χ3v) is 5.69. The molecule has 2 N–H and O–H groups in total. The molecule has 3 rings (SSSR count). The lowest BCUT2D eigenvalue weighted by Gasteiger charge is -2.29. The lowest BCUT2D eigenvalue weighted by Crippen LogP contribution is -2.46. The largest absolute Gasteiger partial charge is 0.378 e. The van der Waals surface area contributed by atoms with E-state index in [-0.39, 0.29) is 0 Å². The highest BCUT2D eigenvalue weighted by atomic mass is 16.5. The van der Waals surface area contributed by atoms with Crippen LogP contribution in [0.15, 0.2) is 29.3 Å². The minimum atomic E-state index is 0.447. The van der Waals surface area contributed by atoms with E-state index in [1.54, 1.807) is 0 Å². The van der Waals surface area contributed by atoms with Crippen LogP contribution < -0.4 is 15.5 Å². The Morgan fingerprint density at radius 2 is 1.89 bits per heavy atom. The Morgan fingerprint density at radius 3 is 2.48 bits per heavy atom. The van der Waals surface area contributed by atoms with Crippen LogP contribution in [0.3, 0.4) is 0 Å².